The first-order valence-electron chi connectivity index (χ1n) is 12.8. The van der Waals surface area contributed by atoms with E-state index >= 15 is 0 Å². The van der Waals surface area contributed by atoms with Gasteiger partial charge in [-0.05, 0) is 49.0 Å². The molecule has 188 valence electrons. The van der Waals surface area contributed by atoms with Gasteiger partial charge in [0, 0.05) is 43.3 Å². The van der Waals surface area contributed by atoms with Crippen molar-refractivity contribution in [2.45, 2.75) is 23.3 Å². The first-order chi connectivity index (χ1) is 17.6. The average molecular weight is 503 g/mol. The van der Waals surface area contributed by atoms with Gasteiger partial charge in [-0.2, -0.15) is 0 Å². The number of pyridine rings is 1. The molecule has 1 atom stereocenters. The van der Waals surface area contributed by atoms with Gasteiger partial charge < -0.3 is 15.3 Å². The summed E-state index contributed by atoms with van der Waals surface area (Å²) in [6.45, 7) is 3.97. The number of carbonyl (C=O) groups excluding carboxylic acids is 1. The third-order valence-electron chi connectivity index (χ3n) is 7.50. The number of likely N-dealkylation sites (tertiary alicyclic amines) is 1. The largest absolute Gasteiger partial charge is 0.380 e. The topological polar surface area (TPSA) is 77.5 Å². The van der Waals surface area contributed by atoms with Crippen LogP contribution in [-0.4, -0.2) is 59.4 Å². The molecule has 2 fully saturated rings. The summed E-state index contributed by atoms with van der Waals surface area (Å²) in [7, 11) is 0. The molecule has 1 aromatic heterocycles. The molecular weight excluding hydrogens is 468 g/mol. The highest BCUT2D eigenvalue weighted by atomic mass is 32.2. The van der Waals surface area contributed by atoms with Crippen molar-refractivity contribution in [1.82, 2.24) is 20.5 Å². The Morgan fingerprint density at radius 1 is 1.06 bits per heavy atom. The molecule has 2 aromatic carbocycles. The van der Waals surface area contributed by atoms with E-state index in [-0.39, 0.29) is 11.8 Å². The quantitative estimate of drug-likeness (QED) is 0.439. The number of rotatable bonds is 8. The van der Waals surface area contributed by atoms with Crippen LogP contribution in [0.1, 0.15) is 29.5 Å². The van der Waals surface area contributed by atoms with Crippen LogP contribution in [0.2, 0.25) is 0 Å². The molecule has 0 saturated carbocycles. The van der Waals surface area contributed by atoms with Crippen LogP contribution >= 0.6 is 11.8 Å². The fraction of sp³-hybridized carbons (Fsp3) is 0.379. The number of benzene rings is 2. The summed E-state index contributed by atoms with van der Waals surface area (Å²) in [6.07, 6.45) is 5.29. The lowest BCUT2D eigenvalue weighted by Crippen LogP contribution is -2.51. The Morgan fingerprint density at radius 3 is 2.28 bits per heavy atom. The monoisotopic (exact) mass is 502 g/mol. The van der Waals surface area contributed by atoms with E-state index in [1.54, 1.807) is 24.2 Å². The lowest BCUT2D eigenvalue weighted by molar-refractivity contribution is -0.124. The third-order valence-corrected chi connectivity index (χ3v) is 8.91. The Balaban J connectivity index is 1.19. The number of amides is 1. The zero-order valence-corrected chi connectivity index (χ0v) is 21.3. The van der Waals surface area contributed by atoms with E-state index in [0.29, 0.717) is 6.54 Å². The number of hydrogen-bond donors (Lipinski definition) is 3. The summed E-state index contributed by atoms with van der Waals surface area (Å²) in [5.74, 6) is 1.01. The maximum atomic E-state index is 13.2. The molecule has 0 aliphatic carbocycles. The van der Waals surface area contributed by atoms with Gasteiger partial charge in [0.05, 0.1) is 0 Å². The van der Waals surface area contributed by atoms with Crippen LogP contribution in [0.3, 0.4) is 0 Å². The van der Waals surface area contributed by atoms with Crippen molar-refractivity contribution < 1.29 is 9.90 Å². The molecule has 0 spiro atoms. The minimum absolute atomic E-state index is 0.00424. The number of aliphatic hydroxyl groups is 1. The Labute approximate surface area is 217 Å². The lowest BCUT2D eigenvalue weighted by Gasteiger charge is -2.42. The molecule has 0 bridgehead atoms. The van der Waals surface area contributed by atoms with E-state index in [2.05, 4.69) is 20.5 Å². The van der Waals surface area contributed by atoms with Crippen molar-refractivity contribution in [3.05, 3.63) is 102 Å². The molecule has 2 aliphatic heterocycles. The molecule has 2 aliphatic rings. The van der Waals surface area contributed by atoms with Crippen molar-refractivity contribution in [3.8, 4) is 0 Å². The van der Waals surface area contributed by atoms with Gasteiger partial charge in [-0.25, -0.2) is 0 Å². The van der Waals surface area contributed by atoms with Crippen LogP contribution in [0.5, 0.6) is 0 Å². The van der Waals surface area contributed by atoms with Crippen LogP contribution in [-0.2, 0) is 15.3 Å². The van der Waals surface area contributed by atoms with Crippen molar-refractivity contribution >= 4 is 17.7 Å². The Morgan fingerprint density at radius 2 is 1.72 bits per heavy atom. The standard InChI is InChI=1S/C29H34N4O2S/c34-27(29(32-17-21-36-29)26-12-7-15-30-22-26)31-16-20-33-18-13-25(14-19-33)28(35,23-8-3-1-4-9-23)24-10-5-2-6-11-24/h1-12,15,22,25,32,35H,13-14,16-21H2,(H,31,34). The van der Waals surface area contributed by atoms with Crippen LogP contribution < -0.4 is 10.6 Å². The molecule has 36 heavy (non-hydrogen) atoms. The van der Waals surface area contributed by atoms with E-state index < -0.39 is 10.5 Å². The highest BCUT2D eigenvalue weighted by Crippen LogP contribution is 2.42. The molecule has 2 saturated heterocycles. The zero-order chi connectivity index (χ0) is 24.8. The predicted molar refractivity (Wildman–Crippen MR) is 144 cm³/mol. The fourth-order valence-electron chi connectivity index (χ4n) is 5.56. The maximum Gasteiger partial charge on any atom is 0.255 e. The molecule has 7 heteroatoms. The molecular formula is C29H34N4O2S. The first-order valence-corrected chi connectivity index (χ1v) is 13.7. The van der Waals surface area contributed by atoms with Crippen molar-refractivity contribution in [3.63, 3.8) is 0 Å². The van der Waals surface area contributed by atoms with Gasteiger partial charge in [-0.3, -0.25) is 15.1 Å². The first kappa shape index (κ1) is 25.0. The Hall–Kier alpha value is -2.71. The van der Waals surface area contributed by atoms with E-state index in [1.807, 2.05) is 72.8 Å². The summed E-state index contributed by atoms with van der Waals surface area (Å²) in [5, 5.41) is 18.6. The number of nitrogens with one attached hydrogen (secondary N) is 2. The van der Waals surface area contributed by atoms with Gasteiger partial charge in [0.2, 0.25) is 0 Å². The molecule has 3 heterocycles. The van der Waals surface area contributed by atoms with Gasteiger partial charge in [0.15, 0.2) is 4.87 Å². The number of nitrogens with zero attached hydrogens (tertiary/aromatic N) is 2. The molecule has 1 unspecified atom stereocenters. The fourth-order valence-corrected chi connectivity index (χ4v) is 6.77. The Kier molecular flexibility index (Phi) is 7.72. The minimum Gasteiger partial charge on any atom is -0.380 e. The van der Waals surface area contributed by atoms with E-state index in [9.17, 15) is 9.90 Å². The number of carbonyl (C=O) groups is 1. The summed E-state index contributed by atoms with van der Waals surface area (Å²) in [4.78, 5) is 19.1. The minimum atomic E-state index is -1.01. The predicted octanol–water partition coefficient (Wildman–Crippen LogP) is 3.34. The summed E-state index contributed by atoms with van der Waals surface area (Å²) < 4.78 is 0. The molecule has 3 aromatic rings. The van der Waals surface area contributed by atoms with Gasteiger partial charge >= 0.3 is 0 Å². The molecule has 6 nitrogen and oxygen atoms in total. The summed E-state index contributed by atoms with van der Waals surface area (Å²) >= 11 is 1.63. The van der Waals surface area contributed by atoms with Crippen LogP contribution in [0.15, 0.2) is 85.2 Å². The van der Waals surface area contributed by atoms with Crippen molar-refractivity contribution in [2.75, 3.05) is 38.5 Å². The van der Waals surface area contributed by atoms with Gasteiger partial charge in [-0.15, -0.1) is 11.8 Å². The van der Waals surface area contributed by atoms with E-state index in [4.69, 9.17) is 0 Å². The molecule has 1 amide bonds. The van der Waals surface area contributed by atoms with E-state index in [0.717, 1.165) is 61.5 Å². The maximum absolute atomic E-state index is 13.2. The number of thioether (sulfide) groups is 1. The van der Waals surface area contributed by atoms with Gasteiger partial charge in [-0.1, -0.05) is 66.7 Å². The summed E-state index contributed by atoms with van der Waals surface area (Å²) in [6, 6.07) is 23.9. The third kappa shape index (κ3) is 4.93. The second kappa shape index (κ2) is 11.1. The molecule has 5 rings (SSSR count). The van der Waals surface area contributed by atoms with E-state index in [1.165, 1.54) is 0 Å². The SMILES string of the molecule is O=C(NCCN1CCC(C(O)(c2ccccc2)c2ccccc2)CC1)C1(c2cccnc2)NCCS1. The average Bonchev–Trinajstić information content (AvgIpc) is 3.46. The van der Waals surface area contributed by atoms with Crippen LogP contribution in [0.4, 0.5) is 0 Å². The lowest BCUT2D eigenvalue weighted by atomic mass is 9.72. The Bertz CT molecular complexity index is 1080. The smallest absolute Gasteiger partial charge is 0.255 e. The zero-order valence-electron chi connectivity index (χ0n) is 20.5. The highest BCUT2D eigenvalue weighted by Gasteiger charge is 2.44. The van der Waals surface area contributed by atoms with Crippen LogP contribution in [0, 0.1) is 5.92 Å². The highest BCUT2D eigenvalue weighted by molar-refractivity contribution is 8.01. The van der Waals surface area contributed by atoms with Gasteiger partial charge in [0.1, 0.15) is 5.60 Å². The van der Waals surface area contributed by atoms with Crippen molar-refractivity contribution in [2.24, 2.45) is 5.92 Å². The molecule has 0 radical (unpaired) electrons. The summed E-state index contributed by atoms with van der Waals surface area (Å²) in [5.41, 5.74) is 1.78. The number of hydrogen-bond acceptors (Lipinski definition) is 6. The van der Waals surface area contributed by atoms with Crippen LogP contribution in [0.25, 0.3) is 0 Å². The van der Waals surface area contributed by atoms with Gasteiger partial charge in [0.25, 0.3) is 5.91 Å². The normalized spacial score (nSPS) is 21.4. The molecule has 3 N–H and O–H groups in total. The second-order valence-corrected chi connectivity index (χ2v) is 10.9. The number of piperidine rings is 1. The number of aromatic nitrogens is 1. The van der Waals surface area contributed by atoms with Crippen molar-refractivity contribution in [1.29, 1.82) is 0 Å². The second-order valence-electron chi connectivity index (χ2n) is 9.57.